The highest BCUT2D eigenvalue weighted by molar-refractivity contribution is 7.13. The van der Waals surface area contributed by atoms with Gasteiger partial charge in [0.1, 0.15) is 17.2 Å². The molecular weight excluding hydrogens is 396 g/mol. The van der Waals surface area contributed by atoms with Gasteiger partial charge in [-0.3, -0.25) is 10.1 Å². The van der Waals surface area contributed by atoms with Gasteiger partial charge in [0.2, 0.25) is 0 Å². The highest BCUT2D eigenvalue weighted by Gasteiger charge is 2.24. The number of methoxy groups -OCH3 is 2. The molecule has 0 aliphatic rings. The van der Waals surface area contributed by atoms with E-state index in [0.29, 0.717) is 27.8 Å². The molecule has 0 saturated heterocycles. The molecule has 0 radical (unpaired) electrons. The summed E-state index contributed by atoms with van der Waals surface area (Å²) >= 11 is 1.36. The van der Waals surface area contributed by atoms with Crippen molar-refractivity contribution in [2.75, 3.05) is 14.2 Å². The number of carbonyl (C=O) groups is 1. The zero-order chi connectivity index (χ0) is 21.0. The van der Waals surface area contributed by atoms with E-state index in [2.05, 4.69) is 4.98 Å². The van der Waals surface area contributed by atoms with E-state index in [9.17, 15) is 14.9 Å². The van der Waals surface area contributed by atoms with Gasteiger partial charge >= 0.3 is 5.97 Å². The van der Waals surface area contributed by atoms with Gasteiger partial charge in [0.15, 0.2) is 11.5 Å². The molecule has 0 N–H and O–H groups in total. The lowest BCUT2D eigenvalue weighted by atomic mass is 10.1. The number of benzene rings is 2. The van der Waals surface area contributed by atoms with E-state index in [1.165, 1.54) is 17.4 Å². The lowest BCUT2D eigenvalue weighted by Crippen LogP contribution is -2.09. The van der Waals surface area contributed by atoms with Crippen LogP contribution in [0, 0.1) is 17.0 Å². The average Bonchev–Trinajstić information content (AvgIpc) is 3.19. The number of hydrogen-bond acceptors (Lipinski definition) is 8. The predicted octanol–water partition coefficient (Wildman–Crippen LogP) is 4.40. The molecule has 0 saturated carbocycles. The van der Waals surface area contributed by atoms with Gasteiger partial charge in [-0.15, -0.1) is 11.3 Å². The molecule has 0 fully saturated rings. The standard InChI is InChI=1S/C20H18N2O6S/c1-12-6-4-7-14(17(12)22(24)25)20(23)28-10-13-11-29-19(21-13)15-8-5-9-16(26-2)18(15)27-3/h4-9,11H,10H2,1-3H3. The predicted molar refractivity (Wildman–Crippen MR) is 108 cm³/mol. The van der Waals surface area contributed by atoms with Crippen LogP contribution in [0.5, 0.6) is 11.5 Å². The van der Waals surface area contributed by atoms with Gasteiger partial charge in [0.05, 0.1) is 30.4 Å². The fourth-order valence-electron chi connectivity index (χ4n) is 2.84. The van der Waals surface area contributed by atoms with Gasteiger partial charge in [-0.05, 0) is 25.1 Å². The van der Waals surface area contributed by atoms with Crippen molar-refractivity contribution in [3.8, 4) is 22.1 Å². The van der Waals surface area contributed by atoms with E-state index in [-0.39, 0.29) is 17.9 Å². The minimum Gasteiger partial charge on any atom is -0.493 e. The van der Waals surface area contributed by atoms with E-state index in [1.807, 2.05) is 12.1 Å². The van der Waals surface area contributed by atoms with Crippen LogP contribution >= 0.6 is 11.3 Å². The molecule has 2 aromatic carbocycles. The molecule has 0 unspecified atom stereocenters. The molecule has 3 rings (SSSR count). The van der Waals surface area contributed by atoms with Crippen LogP contribution in [0.15, 0.2) is 41.8 Å². The van der Waals surface area contributed by atoms with Gasteiger partial charge in [-0.2, -0.15) is 0 Å². The molecule has 0 amide bonds. The summed E-state index contributed by atoms with van der Waals surface area (Å²) in [5, 5.41) is 13.7. The largest absolute Gasteiger partial charge is 0.493 e. The van der Waals surface area contributed by atoms with Crippen molar-refractivity contribution in [2.45, 2.75) is 13.5 Å². The molecule has 150 valence electrons. The lowest BCUT2D eigenvalue weighted by Gasteiger charge is -2.10. The number of nitrogens with zero attached hydrogens (tertiary/aromatic N) is 2. The Morgan fingerprint density at radius 3 is 2.62 bits per heavy atom. The van der Waals surface area contributed by atoms with Crippen molar-refractivity contribution in [3.05, 3.63) is 68.7 Å². The van der Waals surface area contributed by atoms with Crippen LogP contribution in [0.4, 0.5) is 5.69 Å². The van der Waals surface area contributed by atoms with E-state index in [1.54, 1.807) is 44.7 Å². The molecule has 9 heteroatoms. The third kappa shape index (κ3) is 4.19. The number of nitro groups is 1. The van der Waals surface area contributed by atoms with Crippen LogP contribution in [0.3, 0.4) is 0 Å². The Hall–Kier alpha value is -3.46. The summed E-state index contributed by atoms with van der Waals surface area (Å²) in [5.74, 6) is 0.372. The van der Waals surface area contributed by atoms with E-state index < -0.39 is 10.9 Å². The van der Waals surface area contributed by atoms with Crippen LogP contribution < -0.4 is 9.47 Å². The Kier molecular flexibility index (Phi) is 6.08. The molecule has 0 atom stereocenters. The van der Waals surface area contributed by atoms with Crippen LogP contribution in [0.25, 0.3) is 10.6 Å². The summed E-state index contributed by atoms with van der Waals surface area (Å²) in [6.45, 7) is 1.47. The van der Waals surface area contributed by atoms with Crippen molar-refractivity contribution < 1.29 is 23.9 Å². The monoisotopic (exact) mass is 414 g/mol. The van der Waals surface area contributed by atoms with Crippen molar-refractivity contribution in [3.63, 3.8) is 0 Å². The molecule has 0 bridgehead atoms. The molecule has 0 spiro atoms. The number of ether oxygens (including phenoxy) is 3. The maximum absolute atomic E-state index is 12.4. The Balaban J connectivity index is 1.78. The summed E-state index contributed by atoms with van der Waals surface area (Å²) < 4.78 is 16.0. The van der Waals surface area contributed by atoms with Gasteiger partial charge in [-0.25, -0.2) is 9.78 Å². The highest BCUT2D eigenvalue weighted by atomic mass is 32.1. The van der Waals surface area contributed by atoms with Gasteiger partial charge < -0.3 is 14.2 Å². The number of carbonyl (C=O) groups excluding carboxylic acids is 1. The van der Waals surface area contributed by atoms with Gasteiger partial charge in [0.25, 0.3) is 5.69 Å². The summed E-state index contributed by atoms with van der Waals surface area (Å²) in [7, 11) is 3.10. The quantitative estimate of drug-likeness (QED) is 0.321. The smallest absolute Gasteiger partial charge is 0.345 e. The van der Waals surface area contributed by atoms with Gasteiger partial charge in [0, 0.05) is 10.9 Å². The second-order valence-electron chi connectivity index (χ2n) is 5.99. The van der Waals surface area contributed by atoms with E-state index in [0.717, 1.165) is 5.56 Å². The second kappa shape index (κ2) is 8.70. The average molecular weight is 414 g/mol. The highest BCUT2D eigenvalue weighted by Crippen LogP contribution is 2.39. The maximum atomic E-state index is 12.4. The molecule has 1 aromatic heterocycles. The Labute approximate surface area is 170 Å². The first-order valence-corrected chi connectivity index (χ1v) is 9.41. The Morgan fingerprint density at radius 1 is 1.17 bits per heavy atom. The number of rotatable bonds is 7. The molecule has 29 heavy (non-hydrogen) atoms. The fraction of sp³-hybridized carbons (Fsp3) is 0.200. The zero-order valence-electron chi connectivity index (χ0n) is 16.0. The summed E-state index contributed by atoms with van der Waals surface area (Å²) in [5.41, 5.74) is 1.34. The first kappa shape index (κ1) is 20.3. The maximum Gasteiger partial charge on any atom is 0.345 e. The van der Waals surface area contributed by atoms with Crippen molar-refractivity contribution in [2.24, 2.45) is 0 Å². The first-order chi connectivity index (χ1) is 14.0. The van der Waals surface area contributed by atoms with Crippen molar-refractivity contribution in [1.29, 1.82) is 0 Å². The van der Waals surface area contributed by atoms with Crippen LogP contribution in [0.1, 0.15) is 21.6 Å². The minimum absolute atomic E-state index is 0.0834. The minimum atomic E-state index is -0.770. The molecular formula is C20H18N2O6S. The SMILES string of the molecule is COc1cccc(-c2nc(COC(=O)c3cccc(C)c3[N+](=O)[O-])cs2)c1OC. The number of esters is 1. The summed E-state index contributed by atoms with van der Waals surface area (Å²) in [6.07, 6.45) is 0. The molecule has 3 aromatic rings. The van der Waals surface area contributed by atoms with E-state index in [4.69, 9.17) is 14.2 Å². The number of thiazole rings is 1. The van der Waals surface area contributed by atoms with Crippen LogP contribution in [-0.2, 0) is 11.3 Å². The fourth-order valence-corrected chi connectivity index (χ4v) is 3.66. The van der Waals surface area contributed by atoms with Crippen molar-refractivity contribution >= 4 is 23.0 Å². The zero-order valence-corrected chi connectivity index (χ0v) is 16.8. The topological polar surface area (TPSA) is 101 Å². The number of para-hydroxylation sites is 2. The Bertz CT molecular complexity index is 1060. The number of aryl methyl sites for hydroxylation is 1. The van der Waals surface area contributed by atoms with Gasteiger partial charge in [-0.1, -0.05) is 18.2 Å². The van der Waals surface area contributed by atoms with E-state index >= 15 is 0 Å². The third-order valence-corrected chi connectivity index (χ3v) is 5.10. The van der Waals surface area contributed by atoms with Crippen LogP contribution in [0.2, 0.25) is 0 Å². The normalized spacial score (nSPS) is 10.4. The molecule has 8 nitrogen and oxygen atoms in total. The summed E-state index contributed by atoms with van der Waals surface area (Å²) in [6, 6.07) is 9.99. The number of hydrogen-bond donors (Lipinski definition) is 0. The van der Waals surface area contributed by atoms with Crippen LogP contribution in [-0.4, -0.2) is 30.1 Å². The first-order valence-electron chi connectivity index (χ1n) is 8.53. The molecule has 0 aliphatic heterocycles. The lowest BCUT2D eigenvalue weighted by molar-refractivity contribution is -0.385. The second-order valence-corrected chi connectivity index (χ2v) is 6.85. The number of nitro benzene ring substituents is 1. The number of aromatic nitrogens is 1. The summed E-state index contributed by atoms with van der Waals surface area (Å²) in [4.78, 5) is 27.5. The van der Waals surface area contributed by atoms with Crippen molar-refractivity contribution in [1.82, 2.24) is 4.98 Å². The molecule has 0 aliphatic carbocycles. The Morgan fingerprint density at radius 2 is 1.93 bits per heavy atom. The molecule has 1 heterocycles. The third-order valence-electron chi connectivity index (χ3n) is 4.18.